The smallest absolute Gasteiger partial charge is 0.309 e. The summed E-state index contributed by atoms with van der Waals surface area (Å²) >= 11 is 3.23. The van der Waals surface area contributed by atoms with Gasteiger partial charge in [0.15, 0.2) is 9.84 Å². The number of rotatable bonds is 4. The quantitative estimate of drug-likeness (QED) is 0.793. The zero-order valence-corrected chi connectivity index (χ0v) is 12.8. The van der Waals surface area contributed by atoms with E-state index in [1.165, 1.54) is 26.2 Å². The fourth-order valence-corrected chi connectivity index (χ4v) is 3.69. The maximum atomic E-state index is 12.3. The van der Waals surface area contributed by atoms with Crippen LogP contribution in [0.15, 0.2) is 33.6 Å². The third kappa shape index (κ3) is 3.11. The molecule has 100 valence electrons. The van der Waals surface area contributed by atoms with E-state index in [0.29, 0.717) is 4.47 Å². The Morgan fingerprint density at radius 3 is 2.44 bits per heavy atom. The van der Waals surface area contributed by atoms with Crippen molar-refractivity contribution in [2.75, 3.05) is 7.11 Å². The molecular weight excluding hydrogens is 320 g/mol. The van der Waals surface area contributed by atoms with Crippen molar-refractivity contribution >= 4 is 31.7 Å². The Bertz CT molecular complexity index is 539. The van der Waals surface area contributed by atoms with E-state index < -0.39 is 27.0 Å². The van der Waals surface area contributed by atoms with E-state index in [1.54, 1.807) is 19.1 Å². The van der Waals surface area contributed by atoms with E-state index in [1.807, 2.05) is 0 Å². The van der Waals surface area contributed by atoms with Gasteiger partial charge in [0.25, 0.3) is 0 Å². The Kier molecular flexibility index (Phi) is 4.92. The van der Waals surface area contributed by atoms with Crippen molar-refractivity contribution in [3.63, 3.8) is 0 Å². The average molecular weight is 335 g/mol. The third-order valence-corrected chi connectivity index (χ3v) is 5.68. The molecule has 0 aromatic heterocycles. The van der Waals surface area contributed by atoms with Crippen LogP contribution in [0.2, 0.25) is 0 Å². The van der Waals surface area contributed by atoms with E-state index >= 15 is 0 Å². The van der Waals surface area contributed by atoms with Gasteiger partial charge in [-0.05, 0) is 25.1 Å². The summed E-state index contributed by atoms with van der Waals surface area (Å²) in [4.78, 5) is 11.6. The molecule has 0 heterocycles. The van der Waals surface area contributed by atoms with Crippen molar-refractivity contribution < 1.29 is 17.9 Å². The Labute approximate surface area is 115 Å². The maximum Gasteiger partial charge on any atom is 0.309 e. The highest BCUT2D eigenvalue weighted by Gasteiger charge is 2.33. The van der Waals surface area contributed by atoms with Gasteiger partial charge in [-0.25, -0.2) is 8.42 Å². The molecule has 0 aliphatic rings. The summed E-state index contributed by atoms with van der Waals surface area (Å²) in [7, 11) is -2.30. The van der Waals surface area contributed by atoms with Crippen molar-refractivity contribution in [1.29, 1.82) is 0 Å². The van der Waals surface area contributed by atoms with E-state index in [0.717, 1.165) is 0 Å². The molecular formula is C12H15BrO4S. The zero-order valence-electron chi connectivity index (χ0n) is 10.4. The molecule has 0 bridgehead atoms. The number of carbonyl (C=O) groups excluding carboxylic acids is 1. The Morgan fingerprint density at radius 1 is 1.33 bits per heavy atom. The number of ether oxygens (including phenoxy) is 1. The van der Waals surface area contributed by atoms with E-state index in [2.05, 4.69) is 20.7 Å². The fraction of sp³-hybridized carbons (Fsp3) is 0.417. The molecule has 2 unspecified atom stereocenters. The third-order valence-electron chi connectivity index (χ3n) is 2.89. The summed E-state index contributed by atoms with van der Waals surface area (Å²) < 4.78 is 29.9. The van der Waals surface area contributed by atoms with Crippen LogP contribution in [-0.4, -0.2) is 26.7 Å². The lowest BCUT2D eigenvalue weighted by Gasteiger charge is -2.18. The summed E-state index contributed by atoms with van der Waals surface area (Å²) in [6, 6.07) is 6.43. The lowest BCUT2D eigenvalue weighted by molar-refractivity contribution is -0.144. The van der Waals surface area contributed by atoms with Crippen molar-refractivity contribution in [3.05, 3.63) is 28.7 Å². The molecule has 0 fully saturated rings. The summed E-state index contributed by atoms with van der Waals surface area (Å²) in [5, 5.41) is -0.834. The molecule has 0 saturated carbocycles. The second-order valence-electron chi connectivity index (χ2n) is 4.02. The highest BCUT2D eigenvalue weighted by Crippen LogP contribution is 2.24. The summed E-state index contributed by atoms with van der Waals surface area (Å²) in [5.41, 5.74) is 0. The lowest BCUT2D eigenvalue weighted by Crippen LogP contribution is -2.31. The molecule has 2 atom stereocenters. The zero-order chi connectivity index (χ0) is 13.9. The summed E-state index contributed by atoms with van der Waals surface area (Å²) in [6.07, 6.45) is 0. The van der Waals surface area contributed by atoms with Gasteiger partial charge >= 0.3 is 5.97 Å². The van der Waals surface area contributed by atoms with Gasteiger partial charge in [-0.1, -0.05) is 28.9 Å². The van der Waals surface area contributed by atoms with Crippen molar-refractivity contribution in [1.82, 2.24) is 0 Å². The van der Waals surface area contributed by atoms with Crippen LogP contribution < -0.4 is 0 Å². The lowest BCUT2D eigenvalue weighted by atomic mass is 10.1. The molecule has 18 heavy (non-hydrogen) atoms. The van der Waals surface area contributed by atoms with E-state index in [4.69, 9.17) is 0 Å². The predicted molar refractivity (Wildman–Crippen MR) is 72.0 cm³/mol. The minimum atomic E-state index is -3.55. The first-order valence-electron chi connectivity index (χ1n) is 5.38. The van der Waals surface area contributed by atoms with E-state index in [9.17, 15) is 13.2 Å². The largest absolute Gasteiger partial charge is 0.469 e. The normalized spacial score (nSPS) is 14.9. The molecule has 0 saturated heterocycles. The Balaban J connectivity index is 3.11. The molecule has 0 radical (unpaired) electrons. The van der Waals surface area contributed by atoms with Crippen LogP contribution in [0.3, 0.4) is 0 Å². The second-order valence-corrected chi connectivity index (χ2v) is 7.24. The maximum absolute atomic E-state index is 12.3. The number of methoxy groups -OCH3 is 1. The molecule has 4 nitrogen and oxygen atoms in total. The predicted octanol–water partition coefficient (Wildman–Crippen LogP) is 2.42. The number of esters is 1. The molecule has 6 heteroatoms. The van der Waals surface area contributed by atoms with Crippen LogP contribution in [0.1, 0.15) is 13.8 Å². The molecule has 0 aliphatic heterocycles. The fourth-order valence-electron chi connectivity index (χ4n) is 1.50. The molecule has 1 aromatic rings. The highest BCUT2D eigenvalue weighted by atomic mass is 79.9. The van der Waals surface area contributed by atoms with Crippen LogP contribution in [0.4, 0.5) is 0 Å². The van der Waals surface area contributed by atoms with Crippen molar-refractivity contribution in [2.45, 2.75) is 24.0 Å². The SMILES string of the molecule is COC(=O)C(C)C(C)S(=O)(=O)c1cccc(Br)c1. The number of benzene rings is 1. The van der Waals surface area contributed by atoms with Crippen LogP contribution in [-0.2, 0) is 19.4 Å². The molecule has 0 N–H and O–H groups in total. The Hall–Kier alpha value is -0.880. The van der Waals surface area contributed by atoms with Gasteiger partial charge in [0.1, 0.15) is 0 Å². The summed E-state index contributed by atoms with van der Waals surface area (Å²) in [5.74, 6) is -1.24. The van der Waals surface area contributed by atoms with Crippen molar-refractivity contribution in [3.8, 4) is 0 Å². The van der Waals surface area contributed by atoms with Crippen LogP contribution in [0.5, 0.6) is 0 Å². The number of hydrogen-bond acceptors (Lipinski definition) is 4. The number of carbonyl (C=O) groups is 1. The number of sulfone groups is 1. The second kappa shape index (κ2) is 5.84. The first-order valence-corrected chi connectivity index (χ1v) is 7.72. The number of halogens is 1. The van der Waals surface area contributed by atoms with Gasteiger partial charge in [0.05, 0.1) is 23.2 Å². The summed E-state index contributed by atoms with van der Waals surface area (Å²) in [6.45, 7) is 3.06. The molecule has 1 rings (SSSR count). The van der Waals surface area contributed by atoms with Crippen LogP contribution in [0, 0.1) is 5.92 Å². The van der Waals surface area contributed by atoms with Crippen molar-refractivity contribution in [2.24, 2.45) is 5.92 Å². The molecule has 0 amide bonds. The van der Waals surface area contributed by atoms with E-state index in [-0.39, 0.29) is 4.90 Å². The monoisotopic (exact) mass is 334 g/mol. The Morgan fingerprint density at radius 2 is 1.94 bits per heavy atom. The molecule has 0 aliphatic carbocycles. The first kappa shape index (κ1) is 15.2. The van der Waals surface area contributed by atoms with Gasteiger partial charge in [-0.2, -0.15) is 0 Å². The minimum Gasteiger partial charge on any atom is -0.469 e. The highest BCUT2D eigenvalue weighted by molar-refractivity contribution is 9.10. The van der Waals surface area contributed by atoms with Gasteiger partial charge in [-0.15, -0.1) is 0 Å². The first-order chi connectivity index (χ1) is 8.30. The molecule has 0 spiro atoms. The average Bonchev–Trinajstić information content (AvgIpc) is 2.35. The van der Waals surface area contributed by atoms with Crippen LogP contribution in [0.25, 0.3) is 0 Å². The van der Waals surface area contributed by atoms with Crippen LogP contribution >= 0.6 is 15.9 Å². The van der Waals surface area contributed by atoms with Gasteiger partial charge in [-0.3, -0.25) is 4.79 Å². The molecule has 1 aromatic carbocycles. The minimum absolute atomic E-state index is 0.195. The van der Waals surface area contributed by atoms with Gasteiger partial charge < -0.3 is 4.74 Å². The standard InChI is InChI=1S/C12H15BrO4S/c1-8(12(14)17-3)9(2)18(15,16)11-6-4-5-10(13)7-11/h4-9H,1-3H3. The number of hydrogen-bond donors (Lipinski definition) is 0. The topological polar surface area (TPSA) is 60.4 Å². The van der Waals surface area contributed by atoms with Gasteiger partial charge in [0, 0.05) is 4.47 Å². The van der Waals surface area contributed by atoms with Gasteiger partial charge in [0.2, 0.25) is 0 Å².